The van der Waals surface area contributed by atoms with Gasteiger partial charge in [0.1, 0.15) is 0 Å². The first-order valence-electron chi connectivity index (χ1n) is 11.2. The van der Waals surface area contributed by atoms with E-state index in [0.717, 1.165) is 31.2 Å². The van der Waals surface area contributed by atoms with Crippen LogP contribution in [-0.4, -0.2) is 22.1 Å². The fourth-order valence-corrected chi connectivity index (χ4v) is 5.94. The zero-order chi connectivity index (χ0) is 20.7. The highest BCUT2D eigenvalue weighted by molar-refractivity contribution is 5.41. The van der Waals surface area contributed by atoms with Crippen molar-refractivity contribution in [1.82, 2.24) is 4.90 Å². The van der Waals surface area contributed by atoms with E-state index in [1.54, 1.807) is 0 Å². The van der Waals surface area contributed by atoms with Gasteiger partial charge in [-0.15, -0.1) is 0 Å². The molecule has 2 saturated heterocycles. The molecule has 0 spiro atoms. The number of nitrogens with zero attached hydrogens (tertiary/aromatic N) is 1. The van der Waals surface area contributed by atoms with Gasteiger partial charge in [-0.2, -0.15) is 0 Å². The average Bonchev–Trinajstić information content (AvgIpc) is 3.02. The largest absolute Gasteiger partial charge is 0.385 e. The van der Waals surface area contributed by atoms with Crippen LogP contribution in [-0.2, 0) is 5.60 Å². The second-order valence-corrected chi connectivity index (χ2v) is 9.25. The molecule has 2 aliphatic heterocycles. The normalized spacial score (nSPS) is 26.3. The summed E-state index contributed by atoms with van der Waals surface area (Å²) < 4.78 is 0. The van der Waals surface area contributed by atoms with Gasteiger partial charge in [0, 0.05) is 12.1 Å². The van der Waals surface area contributed by atoms with Crippen LogP contribution in [0.5, 0.6) is 0 Å². The van der Waals surface area contributed by atoms with Gasteiger partial charge < -0.3 is 5.11 Å². The van der Waals surface area contributed by atoms with Gasteiger partial charge >= 0.3 is 0 Å². The highest BCUT2D eigenvalue weighted by Crippen LogP contribution is 2.50. The molecular formula is C28H31NO. The standard InChI is InChI=1S/C28H31NO/c1-20-10-6-8-14-25(20)27(26-15-9-7-11-21(26)2)29-23-16-17-24(29)19-28(30,18-23)22-12-4-3-5-13-22/h3-15,23-24,27,30H,16-19H2,1-2H3. The summed E-state index contributed by atoms with van der Waals surface area (Å²) in [5, 5.41) is 11.6. The quantitative estimate of drug-likeness (QED) is 0.592. The summed E-state index contributed by atoms with van der Waals surface area (Å²) >= 11 is 0. The van der Waals surface area contributed by atoms with Crippen LogP contribution in [0.15, 0.2) is 78.9 Å². The Morgan fingerprint density at radius 1 is 0.733 bits per heavy atom. The first-order valence-corrected chi connectivity index (χ1v) is 11.2. The lowest BCUT2D eigenvalue weighted by atomic mass is 9.78. The zero-order valence-electron chi connectivity index (χ0n) is 18.0. The van der Waals surface area contributed by atoms with Gasteiger partial charge in [0.25, 0.3) is 0 Å². The number of benzene rings is 3. The smallest absolute Gasteiger partial charge is 0.0926 e. The minimum absolute atomic E-state index is 0.241. The van der Waals surface area contributed by atoms with Gasteiger partial charge in [-0.05, 0) is 67.3 Å². The Bertz CT molecular complexity index is 968. The van der Waals surface area contributed by atoms with Gasteiger partial charge in [-0.1, -0.05) is 78.9 Å². The van der Waals surface area contributed by atoms with Crippen LogP contribution in [0.25, 0.3) is 0 Å². The van der Waals surface area contributed by atoms with Crippen LogP contribution in [0.3, 0.4) is 0 Å². The summed E-state index contributed by atoms with van der Waals surface area (Å²) in [4.78, 5) is 2.74. The number of hydrogen-bond acceptors (Lipinski definition) is 2. The zero-order valence-corrected chi connectivity index (χ0v) is 18.0. The highest BCUT2D eigenvalue weighted by Gasteiger charge is 2.50. The molecule has 3 aromatic carbocycles. The SMILES string of the molecule is Cc1ccccc1C(c1ccccc1C)N1C2CCC1CC(O)(c1ccccc1)C2. The molecular weight excluding hydrogens is 366 g/mol. The summed E-state index contributed by atoms with van der Waals surface area (Å²) in [5.74, 6) is 0. The Balaban J connectivity index is 1.57. The molecule has 154 valence electrons. The molecule has 3 aromatic rings. The lowest BCUT2D eigenvalue weighted by Gasteiger charge is -2.48. The van der Waals surface area contributed by atoms with E-state index in [4.69, 9.17) is 0 Å². The third-order valence-corrected chi connectivity index (χ3v) is 7.40. The Kier molecular flexibility index (Phi) is 5.00. The second kappa shape index (κ2) is 7.68. The molecule has 0 aliphatic carbocycles. The molecule has 2 bridgehead atoms. The van der Waals surface area contributed by atoms with E-state index in [-0.39, 0.29) is 6.04 Å². The molecule has 2 aliphatic rings. The molecule has 30 heavy (non-hydrogen) atoms. The fourth-order valence-electron chi connectivity index (χ4n) is 5.94. The maximum Gasteiger partial charge on any atom is 0.0926 e. The molecule has 1 N–H and O–H groups in total. The van der Waals surface area contributed by atoms with Crippen LogP contribution < -0.4 is 0 Å². The van der Waals surface area contributed by atoms with Gasteiger partial charge in [0.15, 0.2) is 0 Å². The van der Waals surface area contributed by atoms with Crippen molar-refractivity contribution >= 4 is 0 Å². The molecule has 2 heterocycles. The third kappa shape index (κ3) is 3.29. The number of piperidine rings is 1. The van der Waals surface area contributed by atoms with Crippen molar-refractivity contribution in [3.63, 3.8) is 0 Å². The summed E-state index contributed by atoms with van der Waals surface area (Å²) in [5.41, 5.74) is 5.83. The van der Waals surface area contributed by atoms with E-state index in [0.29, 0.717) is 12.1 Å². The molecule has 2 atom stereocenters. The van der Waals surface area contributed by atoms with Crippen molar-refractivity contribution in [2.45, 2.75) is 63.3 Å². The van der Waals surface area contributed by atoms with E-state index in [1.807, 2.05) is 18.2 Å². The molecule has 2 fully saturated rings. The van der Waals surface area contributed by atoms with Crippen LogP contribution in [0, 0.1) is 13.8 Å². The summed E-state index contributed by atoms with van der Waals surface area (Å²) in [6.45, 7) is 4.46. The first kappa shape index (κ1) is 19.5. The monoisotopic (exact) mass is 397 g/mol. The summed E-state index contributed by atoms with van der Waals surface area (Å²) in [7, 11) is 0. The lowest BCUT2D eigenvalue weighted by Crippen LogP contribution is -2.51. The predicted octanol–water partition coefficient (Wildman–Crippen LogP) is 5.91. The van der Waals surface area contributed by atoms with Crippen molar-refractivity contribution in [3.8, 4) is 0 Å². The summed E-state index contributed by atoms with van der Waals surface area (Å²) in [6.07, 6.45) is 3.94. The number of hydrogen-bond donors (Lipinski definition) is 1. The number of aryl methyl sites for hydroxylation is 2. The van der Waals surface area contributed by atoms with E-state index in [2.05, 4.69) is 79.4 Å². The lowest BCUT2D eigenvalue weighted by molar-refractivity contribution is -0.0658. The Morgan fingerprint density at radius 3 is 1.70 bits per heavy atom. The van der Waals surface area contributed by atoms with Gasteiger partial charge in [0.05, 0.1) is 11.6 Å². The Labute approximate surface area is 180 Å². The maximum absolute atomic E-state index is 11.6. The number of aliphatic hydroxyl groups is 1. The van der Waals surface area contributed by atoms with Gasteiger partial charge in [0.2, 0.25) is 0 Å². The molecule has 2 heteroatoms. The van der Waals surface area contributed by atoms with Gasteiger partial charge in [-0.3, -0.25) is 4.90 Å². The molecule has 0 saturated carbocycles. The van der Waals surface area contributed by atoms with Crippen molar-refractivity contribution in [3.05, 3.63) is 107 Å². The van der Waals surface area contributed by atoms with Crippen molar-refractivity contribution in [1.29, 1.82) is 0 Å². The molecule has 2 nitrogen and oxygen atoms in total. The third-order valence-electron chi connectivity index (χ3n) is 7.40. The topological polar surface area (TPSA) is 23.5 Å². The predicted molar refractivity (Wildman–Crippen MR) is 122 cm³/mol. The Morgan fingerprint density at radius 2 is 1.20 bits per heavy atom. The number of fused-ring (bicyclic) bond motifs is 2. The summed E-state index contributed by atoms with van der Waals surface area (Å²) in [6, 6.07) is 29.0. The molecule has 0 aromatic heterocycles. The van der Waals surface area contributed by atoms with E-state index >= 15 is 0 Å². The van der Waals surface area contributed by atoms with Crippen molar-refractivity contribution in [2.75, 3.05) is 0 Å². The molecule has 0 amide bonds. The molecule has 2 unspecified atom stereocenters. The van der Waals surface area contributed by atoms with Gasteiger partial charge in [-0.25, -0.2) is 0 Å². The average molecular weight is 398 g/mol. The highest BCUT2D eigenvalue weighted by atomic mass is 16.3. The minimum atomic E-state index is -0.717. The number of rotatable bonds is 4. The van der Waals surface area contributed by atoms with E-state index in [9.17, 15) is 5.11 Å². The Hall–Kier alpha value is -2.42. The van der Waals surface area contributed by atoms with E-state index < -0.39 is 5.60 Å². The van der Waals surface area contributed by atoms with Crippen LogP contribution in [0.4, 0.5) is 0 Å². The maximum atomic E-state index is 11.6. The molecule has 0 radical (unpaired) electrons. The van der Waals surface area contributed by atoms with Crippen LogP contribution in [0.1, 0.15) is 59.5 Å². The first-order chi connectivity index (χ1) is 14.6. The molecule has 5 rings (SSSR count). The van der Waals surface area contributed by atoms with Crippen LogP contribution in [0.2, 0.25) is 0 Å². The minimum Gasteiger partial charge on any atom is -0.385 e. The second-order valence-electron chi connectivity index (χ2n) is 9.25. The van der Waals surface area contributed by atoms with Crippen LogP contribution >= 0.6 is 0 Å². The van der Waals surface area contributed by atoms with Crippen molar-refractivity contribution in [2.24, 2.45) is 0 Å². The fraction of sp³-hybridized carbons (Fsp3) is 0.357. The van der Waals surface area contributed by atoms with E-state index in [1.165, 1.54) is 22.3 Å². The van der Waals surface area contributed by atoms with Crippen molar-refractivity contribution < 1.29 is 5.11 Å².